The number of fused-ring (bicyclic) bond motifs is 2. The summed E-state index contributed by atoms with van der Waals surface area (Å²) in [6.07, 6.45) is 5.78. The summed E-state index contributed by atoms with van der Waals surface area (Å²) in [5.41, 5.74) is 4.64. The van der Waals surface area contributed by atoms with Crippen LogP contribution in [0, 0.1) is 6.92 Å². The van der Waals surface area contributed by atoms with E-state index in [9.17, 15) is 0 Å². The number of H-pyrrole nitrogens is 1. The van der Waals surface area contributed by atoms with E-state index in [1.807, 2.05) is 28.8 Å². The summed E-state index contributed by atoms with van der Waals surface area (Å²) >= 11 is 0. The van der Waals surface area contributed by atoms with E-state index in [1.54, 1.807) is 7.05 Å². The minimum Gasteiger partial charge on any atom is -0.361 e. The van der Waals surface area contributed by atoms with Gasteiger partial charge in [0.05, 0.1) is 0 Å². The molecule has 29 heavy (non-hydrogen) atoms. The number of rotatable bonds is 6. The van der Waals surface area contributed by atoms with Crippen LogP contribution in [0.5, 0.6) is 0 Å². The van der Waals surface area contributed by atoms with E-state index in [0.29, 0.717) is 0 Å². The first-order valence-corrected chi connectivity index (χ1v) is 9.54. The zero-order valence-corrected chi connectivity index (χ0v) is 19.0. The smallest absolute Gasteiger partial charge is 0.191 e. The number of aliphatic imine (C=N–C) groups is 1. The largest absolute Gasteiger partial charge is 0.361 e. The molecule has 4 rings (SSSR count). The molecule has 0 aliphatic heterocycles. The van der Waals surface area contributed by atoms with Gasteiger partial charge in [-0.1, -0.05) is 18.2 Å². The fourth-order valence-corrected chi connectivity index (χ4v) is 3.40. The van der Waals surface area contributed by atoms with Crippen molar-refractivity contribution in [3.8, 4) is 0 Å². The van der Waals surface area contributed by atoms with Crippen LogP contribution >= 0.6 is 24.0 Å². The molecule has 0 atom stereocenters. The monoisotopic (exact) mass is 503 g/mol. The lowest BCUT2D eigenvalue weighted by Crippen LogP contribution is -2.39. The van der Waals surface area contributed by atoms with Gasteiger partial charge in [0.15, 0.2) is 11.6 Å². The molecule has 0 amide bonds. The average molecular weight is 503 g/mol. The Morgan fingerprint density at radius 2 is 1.93 bits per heavy atom. The average Bonchev–Trinajstić information content (AvgIpc) is 3.31. The molecule has 0 unspecified atom stereocenters. The molecule has 0 aliphatic carbocycles. The second-order valence-electron chi connectivity index (χ2n) is 6.83. The van der Waals surface area contributed by atoms with Crippen molar-refractivity contribution < 1.29 is 0 Å². The third-order valence-corrected chi connectivity index (χ3v) is 4.86. The first-order valence-electron chi connectivity index (χ1n) is 9.54. The molecule has 3 aromatic heterocycles. The molecule has 0 spiro atoms. The fourth-order valence-electron chi connectivity index (χ4n) is 3.40. The van der Waals surface area contributed by atoms with E-state index >= 15 is 0 Å². The Morgan fingerprint density at radius 3 is 2.76 bits per heavy atom. The van der Waals surface area contributed by atoms with Crippen LogP contribution in [0.3, 0.4) is 0 Å². The van der Waals surface area contributed by atoms with E-state index in [1.165, 1.54) is 22.0 Å². The Balaban J connectivity index is 0.00000240. The lowest BCUT2D eigenvalue weighted by molar-refractivity contribution is 0.757. The molecule has 0 radical (unpaired) electrons. The molecule has 0 bridgehead atoms. The first-order chi connectivity index (χ1) is 13.7. The summed E-state index contributed by atoms with van der Waals surface area (Å²) in [6, 6.07) is 12.4. The number of aryl methyl sites for hydroxylation is 1. The molecule has 3 N–H and O–H groups in total. The third kappa shape index (κ3) is 4.87. The maximum Gasteiger partial charge on any atom is 0.191 e. The zero-order chi connectivity index (χ0) is 19.3. The van der Waals surface area contributed by atoms with Crippen LogP contribution < -0.4 is 10.6 Å². The second-order valence-corrected chi connectivity index (χ2v) is 6.83. The van der Waals surface area contributed by atoms with Gasteiger partial charge in [-0.2, -0.15) is 0 Å². The van der Waals surface area contributed by atoms with E-state index in [-0.39, 0.29) is 24.0 Å². The maximum atomic E-state index is 4.31. The Morgan fingerprint density at radius 1 is 1.10 bits per heavy atom. The SMILES string of the molecule is CN=C(NCCc1c[nH]c2cc(C)ccc12)NCCc1nnc2ccccn12.I. The predicted octanol–water partition coefficient (Wildman–Crippen LogP) is 3.09. The van der Waals surface area contributed by atoms with Crippen LogP contribution in [0.25, 0.3) is 16.6 Å². The van der Waals surface area contributed by atoms with Crippen LogP contribution in [-0.4, -0.2) is 45.7 Å². The molecular weight excluding hydrogens is 477 g/mol. The van der Waals surface area contributed by atoms with Crippen molar-refractivity contribution in [2.24, 2.45) is 4.99 Å². The van der Waals surface area contributed by atoms with E-state index in [0.717, 1.165) is 43.4 Å². The van der Waals surface area contributed by atoms with E-state index < -0.39 is 0 Å². The molecule has 0 saturated carbocycles. The van der Waals surface area contributed by atoms with Crippen LogP contribution in [0.2, 0.25) is 0 Å². The van der Waals surface area contributed by atoms with Crippen molar-refractivity contribution in [2.75, 3.05) is 20.1 Å². The van der Waals surface area contributed by atoms with Crippen molar-refractivity contribution in [3.05, 3.63) is 65.7 Å². The van der Waals surface area contributed by atoms with Crippen LogP contribution in [0.4, 0.5) is 0 Å². The molecule has 152 valence electrons. The van der Waals surface area contributed by atoms with Gasteiger partial charge in [-0.25, -0.2) is 0 Å². The van der Waals surface area contributed by atoms with Crippen molar-refractivity contribution >= 4 is 46.5 Å². The van der Waals surface area contributed by atoms with Crippen LogP contribution in [0.1, 0.15) is 17.0 Å². The number of pyridine rings is 1. The molecule has 8 heteroatoms. The number of hydrogen-bond acceptors (Lipinski definition) is 3. The van der Waals surface area contributed by atoms with Gasteiger partial charge in [0.25, 0.3) is 0 Å². The Bertz CT molecular complexity index is 1110. The van der Waals surface area contributed by atoms with Gasteiger partial charge in [-0.3, -0.25) is 9.39 Å². The van der Waals surface area contributed by atoms with Crippen molar-refractivity contribution in [2.45, 2.75) is 19.8 Å². The molecule has 0 saturated heterocycles. The predicted molar refractivity (Wildman–Crippen MR) is 128 cm³/mol. The fraction of sp³-hybridized carbons (Fsp3) is 0.286. The number of guanidine groups is 1. The number of benzene rings is 1. The summed E-state index contributed by atoms with van der Waals surface area (Å²) in [7, 11) is 1.79. The number of aromatic nitrogens is 4. The van der Waals surface area contributed by atoms with Crippen LogP contribution in [-0.2, 0) is 12.8 Å². The number of nitrogens with zero attached hydrogens (tertiary/aromatic N) is 4. The van der Waals surface area contributed by atoms with Gasteiger partial charge in [-0.15, -0.1) is 34.2 Å². The molecular formula is C21H26IN7. The van der Waals surface area contributed by atoms with Gasteiger partial charge >= 0.3 is 0 Å². The molecule has 3 heterocycles. The third-order valence-electron chi connectivity index (χ3n) is 4.86. The summed E-state index contributed by atoms with van der Waals surface area (Å²) in [5.74, 6) is 1.73. The highest BCUT2D eigenvalue weighted by Crippen LogP contribution is 2.19. The van der Waals surface area contributed by atoms with Gasteiger partial charge in [0.1, 0.15) is 5.82 Å². The van der Waals surface area contributed by atoms with Crippen LogP contribution in [0.15, 0.2) is 53.8 Å². The number of halogens is 1. The number of hydrogen-bond donors (Lipinski definition) is 3. The second kappa shape index (κ2) is 9.73. The zero-order valence-electron chi connectivity index (χ0n) is 16.6. The Hall–Kier alpha value is -2.62. The number of aromatic amines is 1. The number of nitrogens with one attached hydrogen (secondary N) is 3. The van der Waals surface area contributed by atoms with Gasteiger partial charge in [-0.05, 0) is 42.7 Å². The highest BCUT2D eigenvalue weighted by molar-refractivity contribution is 14.0. The van der Waals surface area contributed by atoms with E-state index in [4.69, 9.17) is 0 Å². The first kappa shape index (κ1) is 21.1. The summed E-state index contributed by atoms with van der Waals surface area (Å²) in [6.45, 7) is 3.66. The Labute approximate surface area is 187 Å². The van der Waals surface area contributed by atoms with E-state index in [2.05, 4.69) is 62.1 Å². The lowest BCUT2D eigenvalue weighted by Gasteiger charge is -2.11. The lowest BCUT2D eigenvalue weighted by atomic mass is 10.1. The quantitative estimate of drug-likeness (QED) is 0.215. The molecule has 7 nitrogen and oxygen atoms in total. The normalized spacial score (nSPS) is 11.6. The minimum atomic E-state index is 0. The molecule has 4 aromatic rings. The van der Waals surface area contributed by atoms with Crippen molar-refractivity contribution in [1.29, 1.82) is 0 Å². The summed E-state index contributed by atoms with van der Waals surface area (Å²) < 4.78 is 2.01. The Kier molecular flexibility index (Phi) is 7.08. The summed E-state index contributed by atoms with van der Waals surface area (Å²) in [4.78, 5) is 7.66. The van der Waals surface area contributed by atoms with Gasteiger partial charge in [0.2, 0.25) is 0 Å². The van der Waals surface area contributed by atoms with Gasteiger partial charge in [0, 0.05) is 49.9 Å². The maximum absolute atomic E-state index is 4.31. The molecule has 1 aromatic carbocycles. The standard InChI is InChI=1S/C21H25N7.HI/c1-15-6-7-17-16(14-25-18(17)13-15)8-10-23-21(22-2)24-11-9-20-27-26-19-5-3-4-12-28(19)20;/h3-7,12-14,25H,8-11H2,1-2H3,(H2,22,23,24);1H. The van der Waals surface area contributed by atoms with Crippen molar-refractivity contribution in [3.63, 3.8) is 0 Å². The highest BCUT2D eigenvalue weighted by atomic mass is 127. The highest BCUT2D eigenvalue weighted by Gasteiger charge is 2.06. The van der Waals surface area contributed by atoms with Crippen molar-refractivity contribution in [1.82, 2.24) is 30.2 Å². The van der Waals surface area contributed by atoms with Gasteiger partial charge < -0.3 is 15.6 Å². The summed E-state index contributed by atoms with van der Waals surface area (Å²) in [5, 5.41) is 16.5. The molecule has 0 fully saturated rings. The minimum absolute atomic E-state index is 0. The topological polar surface area (TPSA) is 82.4 Å². The molecule has 0 aliphatic rings.